The van der Waals surface area contributed by atoms with Crippen LogP contribution in [0.4, 0.5) is 0 Å². The maximum absolute atomic E-state index is 5.93. The molecule has 4 heteroatoms. The van der Waals surface area contributed by atoms with E-state index in [4.69, 9.17) is 10.3 Å². The normalized spacial score (nSPS) is 18.6. The Kier molecular flexibility index (Phi) is 3.04. The molecule has 0 aromatic carbocycles. The summed E-state index contributed by atoms with van der Waals surface area (Å²) in [5.74, 6) is 2.10. The van der Waals surface area contributed by atoms with Crippen LogP contribution in [0.25, 0.3) is 0 Å². The van der Waals surface area contributed by atoms with E-state index in [0.29, 0.717) is 12.5 Å². The van der Waals surface area contributed by atoms with Crippen LogP contribution in [0, 0.1) is 12.8 Å². The van der Waals surface area contributed by atoms with Crippen molar-refractivity contribution in [1.82, 2.24) is 5.16 Å². The Bertz CT molecular complexity index is 350. The van der Waals surface area contributed by atoms with Gasteiger partial charge in [-0.25, -0.2) is 0 Å². The summed E-state index contributed by atoms with van der Waals surface area (Å²) in [6, 6.07) is 1.89. The number of aryl methyl sites for hydroxylation is 1. The first-order valence-electron chi connectivity index (χ1n) is 5.47. The minimum absolute atomic E-state index is 0.498. The average Bonchev–Trinajstić information content (AvgIpc) is 2.84. The molecule has 0 spiro atoms. The van der Waals surface area contributed by atoms with Crippen molar-refractivity contribution in [2.24, 2.45) is 16.6 Å². The monoisotopic (exact) mass is 207 g/mol. The first kappa shape index (κ1) is 10.2. The lowest BCUT2D eigenvalue weighted by Gasteiger charge is -2.06. The van der Waals surface area contributed by atoms with Crippen molar-refractivity contribution in [3.63, 3.8) is 0 Å². The van der Waals surface area contributed by atoms with Gasteiger partial charge in [0.25, 0.3) is 0 Å². The maximum atomic E-state index is 5.93. The molecule has 15 heavy (non-hydrogen) atoms. The van der Waals surface area contributed by atoms with Gasteiger partial charge in [0.15, 0.2) is 0 Å². The lowest BCUT2D eigenvalue weighted by molar-refractivity contribution is 0.391. The van der Waals surface area contributed by atoms with Crippen LogP contribution in [-0.2, 0) is 6.54 Å². The minimum atomic E-state index is 0.498. The first-order chi connectivity index (χ1) is 7.25. The number of aliphatic imine (C=N–C) groups is 1. The van der Waals surface area contributed by atoms with Gasteiger partial charge in [-0.05, 0) is 19.8 Å². The van der Waals surface area contributed by atoms with Gasteiger partial charge in [-0.2, -0.15) is 0 Å². The molecule has 4 nitrogen and oxygen atoms in total. The summed E-state index contributed by atoms with van der Waals surface area (Å²) in [6.07, 6.45) is 4.94. The number of aromatic nitrogens is 1. The van der Waals surface area contributed by atoms with Crippen LogP contribution in [0.1, 0.15) is 37.1 Å². The molecule has 82 valence electrons. The molecule has 0 bridgehead atoms. The number of nitrogens with zero attached hydrogens (tertiary/aromatic N) is 2. The Hall–Kier alpha value is -1.32. The molecule has 2 N–H and O–H groups in total. The number of hydrogen-bond donors (Lipinski definition) is 1. The fourth-order valence-corrected chi connectivity index (χ4v) is 2.02. The van der Waals surface area contributed by atoms with Crippen molar-refractivity contribution in [2.45, 2.75) is 39.2 Å². The Morgan fingerprint density at radius 2 is 2.33 bits per heavy atom. The zero-order valence-electron chi connectivity index (χ0n) is 9.07. The maximum Gasteiger partial charge on any atom is 0.133 e. The van der Waals surface area contributed by atoms with E-state index in [1.807, 2.05) is 13.0 Å². The van der Waals surface area contributed by atoms with Gasteiger partial charge in [-0.3, -0.25) is 4.99 Å². The largest absolute Gasteiger partial charge is 0.387 e. The van der Waals surface area contributed by atoms with Crippen LogP contribution < -0.4 is 5.73 Å². The number of hydrogen-bond acceptors (Lipinski definition) is 3. The van der Waals surface area contributed by atoms with Crippen molar-refractivity contribution >= 4 is 5.84 Å². The molecule has 0 radical (unpaired) electrons. The second kappa shape index (κ2) is 4.47. The fraction of sp³-hybridized carbons (Fsp3) is 0.636. The smallest absolute Gasteiger partial charge is 0.133 e. The third-order valence-electron chi connectivity index (χ3n) is 2.87. The van der Waals surface area contributed by atoms with Crippen LogP contribution in [0.15, 0.2) is 15.6 Å². The van der Waals surface area contributed by atoms with E-state index < -0.39 is 0 Å². The summed E-state index contributed by atoms with van der Waals surface area (Å²) in [4.78, 5) is 4.36. The van der Waals surface area contributed by atoms with E-state index in [1.54, 1.807) is 0 Å². The third-order valence-corrected chi connectivity index (χ3v) is 2.87. The highest BCUT2D eigenvalue weighted by Gasteiger charge is 2.18. The van der Waals surface area contributed by atoms with Crippen molar-refractivity contribution in [1.29, 1.82) is 0 Å². The third kappa shape index (κ3) is 2.58. The molecule has 1 heterocycles. The van der Waals surface area contributed by atoms with E-state index >= 15 is 0 Å². The van der Waals surface area contributed by atoms with Gasteiger partial charge in [0.05, 0.1) is 12.4 Å². The predicted molar refractivity (Wildman–Crippen MR) is 58.5 cm³/mol. The highest BCUT2D eigenvalue weighted by atomic mass is 16.5. The van der Waals surface area contributed by atoms with E-state index in [0.717, 1.165) is 17.3 Å². The first-order valence-corrected chi connectivity index (χ1v) is 5.47. The SMILES string of the molecule is Cc1cc(CN=C(N)C2CCCC2)no1. The molecular weight excluding hydrogens is 190 g/mol. The molecule has 1 aliphatic carbocycles. The fourth-order valence-electron chi connectivity index (χ4n) is 2.02. The van der Waals surface area contributed by atoms with Gasteiger partial charge in [0, 0.05) is 12.0 Å². The van der Waals surface area contributed by atoms with Crippen molar-refractivity contribution < 1.29 is 4.52 Å². The highest BCUT2D eigenvalue weighted by molar-refractivity contribution is 5.83. The van der Waals surface area contributed by atoms with Gasteiger partial charge in [0.2, 0.25) is 0 Å². The Balaban J connectivity index is 1.92. The summed E-state index contributed by atoms with van der Waals surface area (Å²) in [5.41, 5.74) is 6.78. The zero-order valence-corrected chi connectivity index (χ0v) is 9.07. The van der Waals surface area contributed by atoms with Crippen molar-refractivity contribution in [3.05, 3.63) is 17.5 Å². The molecular formula is C11H17N3O. The molecule has 1 aliphatic rings. The van der Waals surface area contributed by atoms with E-state index in [-0.39, 0.29) is 0 Å². The van der Waals surface area contributed by atoms with Crippen LogP contribution in [0.5, 0.6) is 0 Å². The number of rotatable bonds is 3. The molecule has 1 aromatic rings. The van der Waals surface area contributed by atoms with Crippen LogP contribution in [-0.4, -0.2) is 11.0 Å². The lowest BCUT2D eigenvalue weighted by Crippen LogP contribution is -2.21. The van der Waals surface area contributed by atoms with Crippen LogP contribution in [0.3, 0.4) is 0 Å². The molecule has 0 aliphatic heterocycles. The minimum Gasteiger partial charge on any atom is -0.387 e. The zero-order chi connectivity index (χ0) is 10.7. The van der Waals surface area contributed by atoms with E-state index in [9.17, 15) is 0 Å². The average molecular weight is 207 g/mol. The molecule has 0 unspecified atom stereocenters. The summed E-state index contributed by atoms with van der Waals surface area (Å²) in [6.45, 7) is 2.42. The molecule has 1 aromatic heterocycles. The molecule has 0 amide bonds. The summed E-state index contributed by atoms with van der Waals surface area (Å²) in [7, 11) is 0. The molecule has 2 rings (SSSR count). The quantitative estimate of drug-likeness (QED) is 0.609. The molecule has 1 fully saturated rings. The summed E-state index contributed by atoms with van der Waals surface area (Å²) in [5, 5.41) is 3.88. The summed E-state index contributed by atoms with van der Waals surface area (Å²) < 4.78 is 4.96. The van der Waals surface area contributed by atoms with Gasteiger partial charge in [-0.1, -0.05) is 18.0 Å². The Labute approximate surface area is 89.5 Å². The molecule has 0 saturated heterocycles. The standard InChI is InChI=1S/C11H17N3O/c1-8-6-10(14-15-8)7-13-11(12)9-4-2-3-5-9/h6,9H,2-5,7H2,1H3,(H2,12,13). The van der Waals surface area contributed by atoms with Crippen LogP contribution >= 0.6 is 0 Å². The predicted octanol–water partition coefficient (Wildman–Crippen LogP) is 2.03. The Morgan fingerprint density at radius 3 is 2.93 bits per heavy atom. The Morgan fingerprint density at radius 1 is 1.60 bits per heavy atom. The van der Waals surface area contributed by atoms with Crippen LogP contribution in [0.2, 0.25) is 0 Å². The van der Waals surface area contributed by atoms with Crippen molar-refractivity contribution in [3.8, 4) is 0 Å². The van der Waals surface area contributed by atoms with Gasteiger partial charge < -0.3 is 10.3 Å². The van der Waals surface area contributed by atoms with E-state index in [1.165, 1.54) is 25.7 Å². The van der Waals surface area contributed by atoms with Crippen molar-refractivity contribution in [2.75, 3.05) is 0 Å². The highest BCUT2D eigenvalue weighted by Crippen LogP contribution is 2.24. The van der Waals surface area contributed by atoms with Gasteiger partial charge in [-0.15, -0.1) is 0 Å². The van der Waals surface area contributed by atoms with Gasteiger partial charge >= 0.3 is 0 Å². The second-order valence-corrected chi connectivity index (χ2v) is 4.15. The number of amidine groups is 1. The molecule has 1 saturated carbocycles. The second-order valence-electron chi connectivity index (χ2n) is 4.15. The molecule has 0 atom stereocenters. The lowest BCUT2D eigenvalue weighted by atomic mass is 10.1. The van der Waals surface area contributed by atoms with Gasteiger partial charge in [0.1, 0.15) is 11.5 Å². The topological polar surface area (TPSA) is 64.4 Å². The summed E-state index contributed by atoms with van der Waals surface area (Å²) >= 11 is 0. The van der Waals surface area contributed by atoms with E-state index in [2.05, 4.69) is 10.1 Å². The number of nitrogens with two attached hydrogens (primary N) is 1.